The Bertz CT molecular complexity index is 993. The predicted molar refractivity (Wildman–Crippen MR) is 105 cm³/mol. The van der Waals surface area contributed by atoms with E-state index in [0.29, 0.717) is 5.69 Å². The minimum Gasteiger partial charge on any atom is -0.462 e. The molecule has 1 amide bonds. The Hall–Kier alpha value is -2.29. The molecule has 2 rings (SSSR count). The number of nitrogens with one attached hydrogen (secondary N) is 2. The van der Waals surface area contributed by atoms with E-state index in [0.717, 1.165) is 6.26 Å². The summed E-state index contributed by atoms with van der Waals surface area (Å²) in [4.78, 5) is 24.3. The lowest BCUT2D eigenvalue weighted by Gasteiger charge is -2.11. The van der Waals surface area contributed by atoms with Crippen LogP contribution in [0.2, 0.25) is 10.0 Å². The Morgan fingerprint density at radius 3 is 2.26 bits per heavy atom. The number of hydrogen-bond donors (Lipinski definition) is 2. The maximum atomic E-state index is 12.4. The second-order valence-electron chi connectivity index (χ2n) is 5.44. The number of benzene rings is 2. The van der Waals surface area contributed by atoms with Crippen molar-refractivity contribution < 1.29 is 22.7 Å². The van der Waals surface area contributed by atoms with Crippen LogP contribution >= 0.6 is 23.2 Å². The highest BCUT2D eigenvalue weighted by atomic mass is 35.5. The van der Waals surface area contributed by atoms with E-state index in [9.17, 15) is 18.0 Å². The summed E-state index contributed by atoms with van der Waals surface area (Å²) in [6.07, 6.45) is 1.00. The molecule has 2 aromatic carbocycles. The first-order chi connectivity index (χ1) is 12.6. The van der Waals surface area contributed by atoms with Crippen LogP contribution < -0.4 is 10.0 Å². The SMILES string of the molecule is CCOC(=O)c1cc(NC(=O)c2ccc(NS(C)(=O)=O)cc2Cl)ccc1Cl. The van der Waals surface area contributed by atoms with Crippen LogP contribution in [0.1, 0.15) is 27.6 Å². The molecule has 2 N–H and O–H groups in total. The topological polar surface area (TPSA) is 102 Å². The van der Waals surface area contributed by atoms with Crippen molar-refractivity contribution in [2.24, 2.45) is 0 Å². The van der Waals surface area contributed by atoms with Gasteiger partial charge in [-0.3, -0.25) is 9.52 Å². The highest BCUT2D eigenvalue weighted by Crippen LogP contribution is 2.25. The smallest absolute Gasteiger partial charge is 0.339 e. The molecule has 0 bridgehead atoms. The molecule has 0 radical (unpaired) electrons. The second kappa shape index (κ2) is 8.60. The zero-order valence-electron chi connectivity index (χ0n) is 14.4. The van der Waals surface area contributed by atoms with Gasteiger partial charge < -0.3 is 10.1 Å². The van der Waals surface area contributed by atoms with E-state index < -0.39 is 21.9 Å². The van der Waals surface area contributed by atoms with Crippen molar-refractivity contribution in [3.63, 3.8) is 0 Å². The van der Waals surface area contributed by atoms with Gasteiger partial charge >= 0.3 is 5.97 Å². The Morgan fingerprint density at radius 1 is 1.00 bits per heavy atom. The molecular weight excluding hydrogens is 415 g/mol. The summed E-state index contributed by atoms with van der Waals surface area (Å²) in [6.45, 7) is 1.86. The summed E-state index contributed by atoms with van der Waals surface area (Å²) in [6, 6.07) is 8.50. The average Bonchev–Trinajstić information content (AvgIpc) is 2.55. The lowest BCUT2D eigenvalue weighted by atomic mass is 10.1. The van der Waals surface area contributed by atoms with Crippen LogP contribution in [-0.4, -0.2) is 33.2 Å². The lowest BCUT2D eigenvalue weighted by molar-refractivity contribution is 0.0526. The van der Waals surface area contributed by atoms with Gasteiger partial charge in [0.2, 0.25) is 10.0 Å². The van der Waals surface area contributed by atoms with Crippen molar-refractivity contribution in [2.75, 3.05) is 22.9 Å². The van der Waals surface area contributed by atoms with Crippen molar-refractivity contribution in [3.8, 4) is 0 Å². The Labute approximate surface area is 166 Å². The number of halogens is 2. The Balaban J connectivity index is 2.22. The van der Waals surface area contributed by atoms with Gasteiger partial charge in [0.1, 0.15) is 0 Å². The lowest BCUT2D eigenvalue weighted by Crippen LogP contribution is -2.14. The third kappa shape index (κ3) is 5.85. The molecule has 10 heteroatoms. The molecular formula is C17H16Cl2N2O5S. The van der Waals surface area contributed by atoms with Crippen molar-refractivity contribution >= 4 is 56.5 Å². The van der Waals surface area contributed by atoms with E-state index in [2.05, 4.69) is 10.0 Å². The van der Waals surface area contributed by atoms with E-state index in [1.165, 1.54) is 36.4 Å². The molecule has 2 aromatic rings. The zero-order chi connectivity index (χ0) is 20.2. The van der Waals surface area contributed by atoms with Gasteiger partial charge in [-0.2, -0.15) is 0 Å². The van der Waals surface area contributed by atoms with Gasteiger partial charge in [-0.15, -0.1) is 0 Å². The maximum absolute atomic E-state index is 12.4. The molecule has 0 fully saturated rings. The zero-order valence-corrected chi connectivity index (χ0v) is 16.7. The van der Waals surface area contributed by atoms with Crippen LogP contribution in [0, 0.1) is 0 Å². The molecule has 7 nitrogen and oxygen atoms in total. The number of carbonyl (C=O) groups excluding carboxylic acids is 2. The summed E-state index contributed by atoms with van der Waals surface area (Å²) in [5.74, 6) is -1.14. The second-order valence-corrected chi connectivity index (χ2v) is 8.00. The van der Waals surface area contributed by atoms with Gasteiger partial charge in [0, 0.05) is 11.4 Å². The van der Waals surface area contributed by atoms with Crippen molar-refractivity contribution in [3.05, 3.63) is 57.6 Å². The Kier molecular flexibility index (Phi) is 6.69. The Morgan fingerprint density at radius 2 is 1.67 bits per heavy atom. The molecule has 0 atom stereocenters. The molecule has 0 aliphatic carbocycles. The predicted octanol–water partition coefficient (Wildman–Crippen LogP) is 3.79. The van der Waals surface area contributed by atoms with Gasteiger partial charge in [-0.1, -0.05) is 23.2 Å². The molecule has 0 aromatic heterocycles. The molecule has 0 heterocycles. The number of anilines is 2. The highest BCUT2D eigenvalue weighted by Gasteiger charge is 2.16. The number of rotatable bonds is 6. The number of sulfonamides is 1. The normalized spacial score (nSPS) is 11.0. The molecule has 0 unspecified atom stereocenters. The number of esters is 1. The minimum atomic E-state index is -3.46. The van der Waals surface area contributed by atoms with Crippen LogP contribution in [0.5, 0.6) is 0 Å². The van der Waals surface area contributed by atoms with E-state index in [4.69, 9.17) is 27.9 Å². The standard InChI is InChI=1S/C17H16Cl2N2O5S/c1-3-26-17(23)13-8-10(5-7-14(13)18)20-16(22)12-6-4-11(9-15(12)19)21-27(2,24)25/h4-9,21H,3H2,1-2H3,(H,20,22). The summed E-state index contributed by atoms with van der Waals surface area (Å²) in [5.41, 5.74) is 0.801. The number of hydrogen-bond acceptors (Lipinski definition) is 5. The van der Waals surface area contributed by atoms with E-state index in [-0.39, 0.29) is 33.5 Å². The van der Waals surface area contributed by atoms with Crippen molar-refractivity contribution in [1.82, 2.24) is 0 Å². The molecule has 0 saturated heterocycles. The fourth-order valence-corrected chi connectivity index (χ4v) is 3.16. The monoisotopic (exact) mass is 430 g/mol. The molecule has 0 saturated carbocycles. The maximum Gasteiger partial charge on any atom is 0.339 e. The van der Waals surface area contributed by atoms with Gasteiger partial charge in [-0.25, -0.2) is 13.2 Å². The number of ether oxygens (including phenoxy) is 1. The summed E-state index contributed by atoms with van der Waals surface area (Å²) < 4.78 is 29.7. The van der Waals surface area contributed by atoms with Crippen LogP contribution in [0.3, 0.4) is 0 Å². The van der Waals surface area contributed by atoms with Crippen molar-refractivity contribution in [2.45, 2.75) is 6.92 Å². The minimum absolute atomic E-state index is 0.0562. The average molecular weight is 431 g/mol. The van der Waals surface area contributed by atoms with Crippen LogP contribution in [-0.2, 0) is 14.8 Å². The van der Waals surface area contributed by atoms with Crippen molar-refractivity contribution in [1.29, 1.82) is 0 Å². The van der Waals surface area contributed by atoms with Gasteiger partial charge in [0.05, 0.1) is 34.0 Å². The van der Waals surface area contributed by atoms with Gasteiger partial charge in [0.25, 0.3) is 5.91 Å². The third-order valence-electron chi connectivity index (χ3n) is 3.24. The fraction of sp³-hybridized carbons (Fsp3) is 0.176. The van der Waals surface area contributed by atoms with Crippen LogP contribution in [0.15, 0.2) is 36.4 Å². The molecule has 0 aliphatic heterocycles. The van der Waals surface area contributed by atoms with E-state index >= 15 is 0 Å². The first kappa shape index (κ1) is 21.0. The largest absolute Gasteiger partial charge is 0.462 e. The quantitative estimate of drug-likeness (QED) is 0.678. The summed E-state index contributed by atoms with van der Waals surface area (Å²) in [5, 5.41) is 2.85. The molecule has 0 aliphatic rings. The summed E-state index contributed by atoms with van der Waals surface area (Å²) in [7, 11) is -3.46. The summed E-state index contributed by atoms with van der Waals surface area (Å²) >= 11 is 12.1. The number of amides is 1. The van der Waals surface area contributed by atoms with Crippen LogP contribution in [0.25, 0.3) is 0 Å². The molecule has 0 spiro atoms. The first-order valence-corrected chi connectivity index (χ1v) is 10.3. The van der Waals surface area contributed by atoms with Crippen LogP contribution in [0.4, 0.5) is 11.4 Å². The molecule has 144 valence electrons. The fourth-order valence-electron chi connectivity index (χ4n) is 2.14. The highest BCUT2D eigenvalue weighted by molar-refractivity contribution is 7.92. The number of carbonyl (C=O) groups is 2. The van der Waals surface area contributed by atoms with Gasteiger partial charge in [-0.05, 0) is 43.3 Å². The first-order valence-electron chi connectivity index (χ1n) is 7.66. The van der Waals surface area contributed by atoms with E-state index in [1.54, 1.807) is 6.92 Å². The third-order valence-corrected chi connectivity index (χ3v) is 4.49. The molecule has 27 heavy (non-hydrogen) atoms. The van der Waals surface area contributed by atoms with Gasteiger partial charge in [0.15, 0.2) is 0 Å². The van der Waals surface area contributed by atoms with E-state index in [1.807, 2.05) is 0 Å².